The second kappa shape index (κ2) is 4.91. The van der Waals surface area contributed by atoms with E-state index in [-0.39, 0.29) is 0 Å². The molecule has 0 unspecified atom stereocenters. The molecule has 0 spiro atoms. The van der Waals surface area contributed by atoms with E-state index in [1.807, 2.05) is 27.0 Å². The number of fused-ring (bicyclic) bond motifs is 1. The van der Waals surface area contributed by atoms with Gasteiger partial charge in [-0.25, -0.2) is 0 Å². The van der Waals surface area contributed by atoms with Crippen LogP contribution in [0.5, 0.6) is 0 Å². The molecule has 3 heteroatoms. The van der Waals surface area contributed by atoms with Gasteiger partial charge in [-0.3, -0.25) is 0 Å². The van der Waals surface area contributed by atoms with Crippen molar-refractivity contribution < 1.29 is 0 Å². The molecular formula is C12H19N3. The molecule has 0 N–H and O–H groups in total. The van der Waals surface area contributed by atoms with Crippen molar-refractivity contribution in [3.63, 3.8) is 0 Å². The summed E-state index contributed by atoms with van der Waals surface area (Å²) in [6, 6.07) is 1.99. The van der Waals surface area contributed by atoms with Crippen molar-refractivity contribution in [1.29, 1.82) is 0 Å². The van der Waals surface area contributed by atoms with E-state index < -0.39 is 0 Å². The second-order valence-corrected chi connectivity index (χ2v) is 3.62. The lowest BCUT2D eigenvalue weighted by atomic mass is 10.1. The average Bonchev–Trinajstić information content (AvgIpc) is 2.60. The first-order valence-electron chi connectivity index (χ1n) is 5.46. The fourth-order valence-electron chi connectivity index (χ4n) is 1.58. The number of hydrogen-bond donors (Lipinski definition) is 0. The van der Waals surface area contributed by atoms with Crippen LogP contribution in [0.4, 0.5) is 0 Å². The SMILES string of the molecule is CC.CC(C)c1cn(C)c2ccnnc12. The molecule has 0 saturated carbocycles. The van der Waals surface area contributed by atoms with Gasteiger partial charge in [-0.05, 0) is 12.0 Å². The van der Waals surface area contributed by atoms with E-state index in [1.165, 1.54) is 5.56 Å². The highest BCUT2D eigenvalue weighted by Crippen LogP contribution is 2.23. The lowest BCUT2D eigenvalue weighted by molar-refractivity contribution is 0.854. The highest BCUT2D eigenvalue weighted by atomic mass is 15.1. The first kappa shape index (κ1) is 11.7. The van der Waals surface area contributed by atoms with Crippen LogP contribution in [0.1, 0.15) is 39.2 Å². The van der Waals surface area contributed by atoms with Crippen LogP contribution in [0.2, 0.25) is 0 Å². The zero-order chi connectivity index (χ0) is 11.4. The molecule has 2 aromatic rings. The first-order chi connectivity index (χ1) is 7.20. The van der Waals surface area contributed by atoms with Gasteiger partial charge in [0.2, 0.25) is 0 Å². The van der Waals surface area contributed by atoms with Crippen LogP contribution >= 0.6 is 0 Å². The van der Waals surface area contributed by atoms with E-state index in [2.05, 4.69) is 34.8 Å². The molecule has 15 heavy (non-hydrogen) atoms. The highest BCUT2D eigenvalue weighted by molar-refractivity contribution is 5.79. The van der Waals surface area contributed by atoms with Gasteiger partial charge in [0.25, 0.3) is 0 Å². The quantitative estimate of drug-likeness (QED) is 0.716. The van der Waals surface area contributed by atoms with Crippen molar-refractivity contribution in [1.82, 2.24) is 14.8 Å². The smallest absolute Gasteiger partial charge is 0.114 e. The molecule has 0 aliphatic heterocycles. The molecule has 0 amide bonds. The molecule has 3 nitrogen and oxygen atoms in total. The summed E-state index contributed by atoms with van der Waals surface area (Å²) in [7, 11) is 2.04. The largest absolute Gasteiger partial charge is 0.349 e. The van der Waals surface area contributed by atoms with E-state index in [4.69, 9.17) is 0 Å². The molecule has 0 radical (unpaired) electrons. The van der Waals surface area contributed by atoms with Crippen molar-refractivity contribution in [3.8, 4) is 0 Å². The Balaban J connectivity index is 0.000000531. The van der Waals surface area contributed by atoms with E-state index in [9.17, 15) is 0 Å². The van der Waals surface area contributed by atoms with Gasteiger partial charge in [-0.15, -0.1) is 5.10 Å². The minimum Gasteiger partial charge on any atom is -0.349 e. The van der Waals surface area contributed by atoms with Gasteiger partial charge in [0, 0.05) is 18.8 Å². The minimum atomic E-state index is 0.500. The zero-order valence-electron chi connectivity index (χ0n) is 10.2. The van der Waals surface area contributed by atoms with Crippen molar-refractivity contribution in [2.75, 3.05) is 0 Å². The predicted octanol–water partition coefficient (Wildman–Crippen LogP) is 3.12. The van der Waals surface area contributed by atoms with Gasteiger partial charge in [0.1, 0.15) is 5.52 Å². The Morgan fingerprint density at radius 2 is 1.93 bits per heavy atom. The Morgan fingerprint density at radius 1 is 1.27 bits per heavy atom. The average molecular weight is 205 g/mol. The summed E-state index contributed by atoms with van der Waals surface area (Å²) in [5.41, 5.74) is 3.45. The van der Waals surface area contributed by atoms with Gasteiger partial charge < -0.3 is 4.57 Å². The van der Waals surface area contributed by atoms with Crippen LogP contribution in [0.25, 0.3) is 11.0 Å². The first-order valence-corrected chi connectivity index (χ1v) is 5.46. The van der Waals surface area contributed by atoms with Gasteiger partial charge in [-0.1, -0.05) is 27.7 Å². The summed E-state index contributed by atoms with van der Waals surface area (Å²) < 4.78 is 2.10. The van der Waals surface area contributed by atoms with E-state index in [0.29, 0.717) is 5.92 Å². The second-order valence-electron chi connectivity index (χ2n) is 3.62. The number of aromatic nitrogens is 3. The van der Waals surface area contributed by atoms with Crippen LogP contribution in [0.3, 0.4) is 0 Å². The van der Waals surface area contributed by atoms with E-state index >= 15 is 0 Å². The zero-order valence-corrected chi connectivity index (χ0v) is 10.2. The minimum absolute atomic E-state index is 0.500. The van der Waals surface area contributed by atoms with Crippen molar-refractivity contribution in [3.05, 3.63) is 24.0 Å². The molecule has 82 valence electrons. The summed E-state index contributed by atoms with van der Waals surface area (Å²) >= 11 is 0. The van der Waals surface area contributed by atoms with Gasteiger partial charge in [0.05, 0.1) is 11.7 Å². The monoisotopic (exact) mass is 205 g/mol. The van der Waals surface area contributed by atoms with Crippen LogP contribution in [0, 0.1) is 0 Å². The molecular weight excluding hydrogens is 186 g/mol. The van der Waals surface area contributed by atoms with Crippen LogP contribution < -0.4 is 0 Å². The van der Waals surface area contributed by atoms with Gasteiger partial charge >= 0.3 is 0 Å². The van der Waals surface area contributed by atoms with E-state index in [0.717, 1.165) is 11.0 Å². The third-order valence-electron chi connectivity index (χ3n) is 2.31. The van der Waals surface area contributed by atoms with E-state index in [1.54, 1.807) is 6.20 Å². The number of nitrogens with zero attached hydrogens (tertiary/aromatic N) is 3. The maximum atomic E-state index is 4.15. The molecule has 0 aliphatic rings. The summed E-state index contributed by atoms with van der Waals surface area (Å²) in [5.74, 6) is 0.500. The molecule has 0 atom stereocenters. The lowest BCUT2D eigenvalue weighted by Crippen LogP contribution is -1.87. The molecule has 2 aromatic heterocycles. The Hall–Kier alpha value is -1.38. The van der Waals surface area contributed by atoms with Crippen molar-refractivity contribution in [2.24, 2.45) is 7.05 Å². The lowest BCUT2D eigenvalue weighted by Gasteiger charge is -1.99. The van der Waals surface area contributed by atoms with Gasteiger partial charge in [0.15, 0.2) is 0 Å². The normalized spacial score (nSPS) is 10.3. The van der Waals surface area contributed by atoms with Crippen LogP contribution in [0.15, 0.2) is 18.5 Å². The standard InChI is InChI=1S/C10H13N3.C2H6/c1-7(2)8-6-13(3)9-4-5-11-12-10(8)9;1-2/h4-7H,1-3H3;1-2H3. The Bertz CT molecular complexity index is 429. The highest BCUT2D eigenvalue weighted by Gasteiger charge is 2.10. The topological polar surface area (TPSA) is 30.7 Å². The predicted molar refractivity (Wildman–Crippen MR) is 63.9 cm³/mol. The van der Waals surface area contributed by atoms with Crippen LogP contribution in [-0.2, 0) is 7.05 Å². The van der Waals surface area contributed by atoms with Crippen molar-refractivity contribution >= 4 is 11.0 Å². The number of rotatable bonds is 1. The molecule has 2 rings (SSSR count). The molecule has 2 heterocycles. The third kappa shape index (κ3) is 2.17. The Kier molecular flexibility index (Phi) is 3.83. The fourth-order valence-corrected chi connectivity index (χ4v) is 1.58. The summed E-state index contributed by atoms with van der Waals surface area (Å²) in [6.07, 6.45) is 3.86. The molecule has 0 saturated heterocycles. The molecule has 0 fully saturated rings. The molecule has 0 bridgehead atoms. The van der Waals surface area contributed by atoms with Crippen molar-refractivity contribution in [2.45, 2.75) is 33.6 Å². The summed E-state index contributed by atoms with van der Waals surface area (Å²) in [6.45, 7) is 8.34. The number of hydrogen-bond acceptors (Lipinski definition) is 2. The molecule has 0 aliphatic carbocycles. The Labute approximate surface area is 91.1 Å². The maximum Gasteiger partial charge on any atom is 0.114 e. The number of aryl methyl sites for hydroxylation is 1. The van der Waals surface area contributed by atoms with Gasteiger partial charge in [-0.2, -0.15) is 5.10 Å². The molecule has 0 aromatic carbocycles. The third-order valence-corrected chi connectivity index (χ3v) is 2.31. The fraction of sp³-hybridized carbons (Fsp3) is 0.500. The Morgan fingerprint density at radius 3 is 2.53 bits per heavy atom. The maximum absolute atomic E-state index is 4.15. The summed E-state index contributed by atoms with van der Waals surface area (Å²) in [4.78, 5) is 0. The van der Waals surface area contributed by atoms with Crippen LogP contribution in [-0.4, -0.2) is 14.8 Å². The summed E-state index contributed by atoms with van der Waals surface area (Å²) in [5, 5.41) is 8.06.